The standard InChI is InChI=1S/C18H19BrN4O2/c1-11(2)17(18-20-13-5-3-4-6-14(13)21-18)22-15(24)10-23-9-12(19)7-8-16(23)25/h3-9,11,17H,10H2,1-2H3,(H,20,21)(H,22,24)/t17-/m0/s1. The topological polar surface area (TPSA) is 79.8 Å². The molecule has 25 heavy (non-hydrogen) atoms. The van der Waals surface area contributed by atoms with Crippen LogP contribution in [0.1, 0.15) is 25.7 Å². The molecule has 130 valence electrons. The van der Waals surface area contributed by atoms with Gasteiger partial charge in [-0.3, -0.25) is 9.59 Å². The van der Waals surface area contributed by atoms with E-state index in [1.54, 1.807) is 12.3 Å². The lowest BCUT2D eigenvalue weighted by molar-refractivity contribution is -0.122. The number of benzene rings is 1. The second-order valence-electron chi connectivity index (χ2n) is 6.24. The van der Waals surface area contributed by atoms with Crippen molar-refractivity contribution in [3.63, 3.8) is 0 Å². The minimum absolute atomic E-state index is 0.0400. The van der Waals surface area contributed by atoms with Crippen LogP contribution in [0.15, 0.2) is 51.9 Å². The van der Waals surface area contributed by atoms with Gasteiger partial charge >= 0.3 is 0 Å². The Morgan fingerprint density at radius 1 is 1.28 bits per heavy atom. The highest BCUT2D eigenvalue weighted by Crippen LogP contribution is 2.22. The maximum absolute atomic E-state index is 12.5. The van der Waals surface area contributed by atoms with Crippen molar-refractivity contribution in [1.82, 2.24) is 19.9 Å². The highest BCUT2D eigenvalue weighted by Gasteiger charge is 2.22. The Morgan fingerprint density at radius 2 is 2.04 bits per heavy atom. The summed E-state index contributed by atoms with van der Waals surface area (Å²) in [4.78, 5) is 32.2. The van der Waals surface area contributed by atoms with Gasteiger partial charge in [0.2, 0.25) is 5.91 Å². The summed E-state index contributed by atoms with van der Waals surface area (Å²) in [6.45, 7) is 3.99. The fourth-order valence-corrected chi connectivity index (χ4v) is 3.05. The van der Waals surface area contributed by atoms with Gasteiger partial charge in [0.05, 0.1) is 17.1 Å². The van der Waals surface area contributed by atoms with Crippen LogP contribution in [-0.2, 0) is 11.3 Å². The molecule has 0 aliphatic rings. The van der Waals surface area contributed by atoms with E-state index >= 15 is 0 Å². The first-order chi connectivity index (χ1) is 11.9. The normalized spacial score (nSPS) is 12.5. The zero-order valence-electron chi connectivity index (χ0n) is 14.0. The van der Waals surface area contributed by atoms with E-state index in [4.69, 9.17) is 0 Å². The molecule has 0 spiro atoms. The highest BCUT2D eigenvalue weighted by atomic mass is 79.9. The van der Waals surface area contributed by atoms with Crippen LogP contribution in [0.25, 0.3) is 11.0 Å². The quantitative estimate of drug-likeness (QED) is 0.688. The van der Waals surface area contributed by atoms with Crippen molar-refractivity contribution < 1.29 is 4.79 Å². The molecule has 0 aliphatic carbocycles. The number of nitrogens with zero attached hydrogens (tertiary/aromatic N) is 2. The van der Waals surface area contributed by atoms with Crippen LogP contribution in [0.3, 0.4) is 0 Å². The third-order valence-corrected chi connectivity index (χ3v) is 4.42. The summed E-state index contributed by atoms with van der Waals surface area (Å²) in [7, 11) is 0. The van der Waals surface area contributed by atoms with Gasteiger partial charge in [0.1, 0.15) is 12.4 Å². The molecule has 0 fully saturated rings. The molecule has 0 unspecified atom stereocenters. The Bertz CT molecular complexity index is 928. The molecule has 2 N–H and O–H groups in total. The predicted octanol–water partition coefficient (Wildman–Crippen LogP) is 3.00. The molecule has 0 aliphatic heterocycles. The molecule has 6 nitrogen and oxygen atoms in total. The molecule has 0 saturated heterocycles. The van der Waals surface area contributed by atoms with Crippen molar-refractivity contribution >= 4 is 32.9 Å². The molecule has 7 heteroatoms. The lowest BCUT2D eigenvalue weighted by Crippen LogP contribution is -2.36. The number of aromatic amines is 1. The van der Waals surface area contributed by atoms with Gasteiger partial charge in [-0.25, -0.2) is 4.98 Å². The minimum atomic E-state index is -0.261. The van der Waals surface area contributed by atoms with E-state index in [-0.39, 0.29) is 30.0 Å². The molecular weight excluding hydrogens is 384 g/mol. The monoisotopic (exact) mass is 402 g/mol. The predicted molar refractivity (Wildman–Crippen MR) is 100 cm³/mol. The van der Waals surface area contributed by atoms with E-state index < -0.39 is 0 Å². The third kappa shape index (κ3) is 3.99. The van der Waals surface area contributed by atoms with Crippen molar-refractivity contribution in [2.24, 2.45) is 5.92 Å². The summed E-state index contributed by atoms with van der Waals surface area (Å²) in [6.07, 6.45) is 1.60. The van der Waals surface area contributed by atoms with Gasteiger partial charge in [-0.2, -0.15) is 0 Å². The summed E-state index contributed by atoms with van der Waals surface area (Å²) in [5, 5.41) is 2.98. The van der Waals surface area contributed by atoms with E-state index in [1.165, 1.54) is 10.6 Å². The first-order valence-electron chi connectivity index (χ1n) is 8.04. The molecule has 0 saturated carbocycles. The number of fused-ring (bicyclic) bond motifs is 1. The van der Waals surface area contributed by atoms with Gasteiger partial charge in [0, 0.05) is 16.7 Å². The van der Waals surface area contributed by atoms with Gasteiger partial charge in [-0.15, -0.1) is 0 Å². The molecule has 3 rings (SSSR count). The number of hydrogen-bond donors (Lipinski definition) is 2. The van der Waals surface area contributed by atoms with Crippen molar-refractivity contribution in [3.05, 3.63) is 63.2 Å². The van der Waals surface area contributed by atoms with Gasteiger partial charge in [0.25, 0.3) is 5.56 Å². The summed E-state index contributed by atoms with van der Waals surface area (Å²) >= 11 is 3.31. The molecule has 3 aromatic rings. The zero-order valence-corrected chi connectivity index (χ0v) is 15.6. The van der Waals surface area contributed by atoms with Crippen LogP contribution in [0, 0.1) is 5.92 Å². The van der Waals surface area contributed by atoms with Crippen LogP contribution in [0.5, 0.6) is 0 Å². The van der Waals surface area contributed by atoms with Gasteiger partial charge in [-0.1, -0.05) is 26.0 Å². The number of halogens is 1. The Morgan fingerprint density at radius 3 is 2.76 bits per heavy atom. The van der Waals surface area contributed by atoms with E-state index in [0.717, 1.165) is 15.5 Å². The largest absolute Gasteiger partial charge is 0.344 e. The fourth-order valence-electron chi connectivity index (χ4n) is 2.67. The molecule has 1 aromatic carbocycles. The van der Waals surface area contributed by atoms with Crippen molar-refractivity contribution in [1.29, 1.82) is 0 Å². The summed E-state index contributed by atoms with van der Waals surface area (Å²) in [6, 6.07) is 10.6. The SMILES string of the molecule is CC(C)[C@H](NC(=O)Cn1cc(Br)ccc1=O)c1nc2ccccc2[nH]1. The summed E-state index contributed by atoms with van der Waals surface area (Å²) in [5.74, 6) is 0.620. The number of carbonyl (C=O) groups is 1. The van der Waals surface area contributed by atoms with Crippen molar-refractivity contribution in [2.75, 3.05) is 0 Å². The lowest BCUT2D eigenvalue weighted by Gasteiger charge is -2.20. The molecule has 0 bridgehead atoms. The molecule has 0 radical (unpaired) electrons. The summed E-state index contributed by atoms with van der Waals surface area (Å²) < 4.78 is 2.12. The second-order valence-corrected chi connectivity index (χ2v) is 7.16. The van der Waals surface area contributed by atoms with Crippen molar-refractivity contribution in [3.8, 4) is 0 Å². The second kappa shape index (κ2) is 7.23. The minimum Gasteiger partial charge on any atom is -0.344 e. The average molecular weight is 403 g/mol. The lowest BCUT2D eigenvalue weighted by atomic mass is 10.0. The average Bonchev–Trinajstić information content (AvgIpc) is 2.99. The Kier molecular flexibility index (Phi) is 5.03. The van der Waals surface area contributed by atoms with E-state index in [0.29, 0.717) is 5.82 Å². The van der Waals surface area contributed by atoms with Gasteiger partial charge < -0.3 is 14.9 Å². The number of amides is 1. The Hall–Kier alpha value is -2.41. The number of carbonyl (C=O) groups excluding carboxylic acids is 1. The zero-order chi connectivity index (χ0) is 18.0. The van der Waals surface area contributed by atoms with Crippen LogP contribution in [-0.4, -0.2) is 20.4 Å². The smallest absolute Gasteiger partial charge is 0.251 e. The van der Waals surface area contributed by atoms with Crippen LogP contribution >= 0.6 is 15.9 Å². The van der Waals surface area contributed by atoms with Gasteiger partial charge in [-0.05, 0) is 40.0 Å². The van der Waals surface area contributed by atoms with E-state index in [1.807, 2.05) is 38.1 Å². The first kappa shape index (κ1) is 17.4. The molecule has 1 atom stereocenters. The molecule has 2 aromatic heterocycles. The van der Waals surface area contributed by atoms with E-state index in [2.05, 4.69) is 31.2 Å². The van der Waals surface area contributed by atoms with Crippen molar-refractivity contribution in [2.45, 2.75) is 26.4 Å². The van der Waals surface area contributed by atoms with Crippen LogP contribution in [0.4, 0.5) is 0 Å². The summed E-state index contributed by atoms with van der Waals surface area (Å²) in [5.41, 5.74) is 1.57. The number of aromatic nitrogens is 3. The number of nitrogens with one attached hydrogen (secondary N) is 2. The number of H-pyrrole nitrogens is 1. The maximum atomic E-state index is 12.5. The molecular formula is C18H19BrN4O2. The first-order valence-corrected chi connectivity index (χ1v) is 8.83. The Labute approximate surface area is 153 Å². The molecule has 2 heterocycles. The molecule has 1 amide bonds. The fraction of sp³-hybridized carbons (Fsp3) is 0.278. The Balaban J connectivity index is 1.80. The van der Waals surface area contributed by atoms with E-state index in [9.17, 15) is 9.59 Å². The third-order valence-electron chi connectivity index (χ3n) is 3.95. The number of pyridine rings is 1. The number of rotatable bonds is 5. The highest BCUT2D eigenvalue weighted by molar-refractivity contribution is 9.10. The number of para-hydroxylation sites is 2. The number of imidazole rings is 1. The maximum Gasteiger partial charge on any atom is 0.251 e. The van der Waals surface area contributed by atoms with Crippen LogP contribution < -0.4 is 10.9 Å². The van der Waals surface area contributed by atoms with Gasteiger partial charge in [0.15, 0.2) is 0 Å². The number of hydrogen-bond acceptors (Lipinski definition) is 3. The van der Waals surface area contributed by atoms with Crippen LogP contribution in [0.2, 0.25) is 0 Å².